The highest BCUT2D eigenvalue weighted by atomic mass is 15.2. The molecular formula is C15H22N2. The second-order valence-electron chi connectivity index (χ2n) is 4.57. The number of amidine groups is 1. The van der Waals surface area contributed by atoms with E-state index in [1.165, 1.54) is 37.3 Å². The van der Waals surface area contributed by atoms with Crippen LogP contribution in [0, 0.1) is 0 Å². The Bertz CT molecular complexity index is 350. The fraction of sp³-hybridized carbons (Fsp3) is 0.533. The van der Waals surface area contributed by atoms with E-state index in [9.17, 15) is 0 Å². The average Bonchev–Trinajstić information content (AvgIpc) is 2.89. The summed E-state index contributed by atoms with van der Waals surface area (Å²) in [4.78, 5) is 7.13. The molecule has 0 radical (unpaired) electrons. The van der Waals surface area contributed by atoms with Crippen LogP contribution < -0.4 is 0 Å². The molecule has 17 heavy (non-hydrogen) atoms. The number of likely N-dealkylation sites (tertiary alicyclic amines) is 1. The van der Waals surface area contributed by atoms with Gasteiger partial charge < -0.3 is 4.90 Å². The number of aliphatic imine (C=N–C) groups is 1. The minimum absolute atomic E-state index is 0.903. The zero-order valence-electron chi connectivity index (χ0n) is 10.7. The number of nitrogens with zero attached hydrogens (tertiary/aromatic N) is 2. The van der Waals surface area contributed by atoms with Crippen LogP contribution in [-0.2, 0) is 6.42 Å². The Morgan fingerprint density at radius 2 is 1.88 bits per heavy atom. The van der Waals surface area contributed by atoms with Gasteiger partial charge >= 0.3 is 0 Å². The minimum atomic E-state index is 0.903. The molecule has 1 heterocycles. The third kappa shape index (κ3) is 3.58. The van der Waals surface area contributed by atoms with Crippen LogP contribution in [0.4, 0.5) is 0 Å². The lowest BCUT2D eigenvalue weighted by molar-refractivity contribution is 0.503. The Hall–Kier alpha value is -1.31. The topological polar surface area (TPSA) is 15.6 Å². The van der Waals surface area contributed by atoms with E-state index in [1.54, 1.807) is 0 Å². The van der Waals surface area contributed by atoms with Crippen LogP contribution in [0.5, 0.6) is 0 Å². The van der Waals surface area contributed by atoms with Gasteiger partial charge in [0.2, 0.25) is 0 Å². The molecule has 1 aromatic rings. The van der Waals surface area contributed by atoms with Gasteiger partial charge in [-0.15, -0.1) is 0 Å². The highest BCUT2D eigenvalue weighted by Gasteiger charge is 2.15. The van der Waals surface area contributed by atoms with Crippen LogP contribution in [-0.4, -0.2) is 30.4 Å². The third-order valence-corrected chi connectivity index (χ3v) is 3.29. The molecule has 92 valence electrons. The highest BCUT2D eigenvalue weighted by Crippen LogP contribution is 2.12. The second-order valence-corrected chi connectivity index (χ2v) is 4.57. The molecule has 0 saturated carbocycles. The smallest absolute Gasteiger partial charge is 0.0992 e. The van der Waals surface area contributed by atoms with Crippen molar-refractivity contribution in [2.45, 2.75) is 32.6 Å². The van der Waals surface area contributed by atoms with Crippen molar-refractivity contribution in [3.8, 4) is 0 Å². The van der Waals surface area contributed by atoms with Crippen molar-refractivity contribution >= 4 is 5.84 Å². The van der Waals surface area contributed by atoms with E-state index >= 15 is 0 Å². The zero-order chi connectivity index (χ0) is 11.9. The van der Waals surface area contributed by atoms with Crippen LogP contribution >= 0.6 is 0 Å². The number of hydrogen-bond donors (Lipinski definition) is 0. The molecule has 0 aliphatic carbocycles. The monoisotopic (exact) mass is 230 g/mol. The van der Waals surface area contributed by atoms with E-state index in [-0.39, 0.29) is 0 Å². The standard InChI is InChI=1S/C15H22N2/c1-2-16-15(17-12-6-7-13-17)11-10-14-8-4-3-5-9-14/h3-5,8-9H,2,6-7,10-13H2,1H3. The molecule has 0 N–H and O–H groups in total. The summed E-state index contributed by atoms with van der Waals surface area (Å²) in [5.74, 6) is 1.31. The van der Waals surface area contributed by atoms with Crippen LogP contribution in [0.1, 0.15) is 31.7 Å². The molecule has 1 aliphatic rings. The van der Waals surface area contributed by atoms with Crippen molar-refractivity contribution in [3.63, 3.8) is 0 Å². The number of rotatable bonds is 4. The van der Waals surface area contributed by atoms with Crippen molar-refractivity contribution in [1.82, 2.24) is 4.90 Å². The molecule has 1 fully saturated rings. The number of benzene rings is 1. The second kappa shape index (κ2) is 6.43. The van der Waals surface area contributed by atoms with E-state index in [1.807, 2.05) is 0 Å². The molecular weight excluding hydrogens is 208 g/mol. The molecule has 1 aliphatic heterocycles. The van der Waals surface area contributed by atoms with Crippen molar-refractivity contribution in [2.75, 3.05) is 19.6 Å². The Morgan fingerprint density at radius 3 is 2.53 bits per heavy atom. The van der Waals surface area contributed by atoms with Crippen LogP contribution in [0.15, 0.2) is 35.3 Å². The number of hydrogen-bond acceptors (Lipinski definition) is 1. The average molecular weight is 230 g/mol. The first kappa shape index (κ1) is 12.2. The fourth-order valence-corrected chi connectivity index (χ4v) is 2.40. The summed E-state index contributed by atoms with van der Waals surface area (Å²) >= 11 is 0. The molecule has 0 bridgehead atoms. The largest absolute Gasteiger partial charge is 0.360 e. The lowest BCUT2D eigenvalue weighted by atomic mass is 10.1. The van der Waals surface area contributed by atoms with Crippen LogP contribution in [0.3, 0.4) is 0 Å². The Balaban J connectivity index is 1.92. The predicted octanol–water partition coefficient (Wildman–Crippen LogP) is 3.13. The van der Waals surface area contributed by atoms with Crippen molar-refractivity contribution in [1.29, 1.82) is 0 Å². The molecule has 0 amide bonds. The van der Waals surface area contributed by atoms with Gasteiger partial charge in [0.25, 0.3) is 0 Å². The normalized spacial score (nSPS) is 16.5. The molecule has 2 heteroatoms. The first-order chi connectivity index (χ1) is 8.40. The van der Waals surface area contributed by atoms with Gasteiger partial charge in [0.15, 0.2) is 0 Å². The lowest BCUT2D eigenvalue weighted by Gasteiger charge is -2.20. The maximum Gasteiger partial charge on any atom is 0.0992 e. The molecule has 2 rings (SSSR count). The van der Waals surface area contributed by atoms with Crippen LogP contribution in [0.2, 0.25) is 0 Å². The van der Waals surface area contributed by atoms with E-state index in [2.05, 4.69) is 47.1 Å². The van der Waals surface area contributed by atoms with Gasteiger partial charge in [-0.1, -0.05) is 30.3 Å². The Labute approximate surface area is 104 Å². The van der Waals surface area contributed by atoms with Gasteiger partial charge in [-0.05, 0) is 31.7 Å². The molecule has 0 unspecified atom stereocenters. The molecule has 0 aromatic heterocycles. The van der Waals surface area contributed by atoms with Crippen molar-refractivity contribution in [2.24, 2.45) is 4.99 Å². The van der Waals surface area contributed by atoms with Gasteiger partial charge in [-0.25, -0.2) is 0 Å². The first-order valence-electron chi connectivity index (χ1n) is 6.72. The minimum Gasteiger partial charge on any atom is -0.360 e. The molecule has 0 atom stereocenters. The van der Waals surface area contributed by atoms with Gasteiger partial charge in [0.05, 0.1) is 5.84 Å². The summed E-state index contributed by atoms with van der Waals surface area (Å²) in [6.07, 6.45) is 4.84. The van der Waals surface area contributed by atoms with E-state index in [4.69, 9.17) is 0 Å². The van der Waals surface area contributed by atoms with E-state index < -0.39 is 0 Å². The number of aryl methyl sites for hydroxylation is 1. The predicted molar refractivity (Wildman–Crippen MR) is 73.5 cm³/mol. The summed E-state index contributed by atoms with van der Waals surface area (Å²) in [6, 6.07) is 10.7. The highest BCUT2D eigenvalue weighted by molar-refractivity contribution is 5.82. The Kier molecular flexibility index (Phi) is 4.60. The molecule has 0 spiro atoms. The third-order valence-electron chi connectivity index (χ3n) is 3.29. The van der Waals surface area contributed by atoms with Gasteiger partial charge in [0.1, 0.15) is 0 Å². The van der Waals surface area contributed by atoms with Crippen molar-refractivity contribution < 1.29 is 0 Å². The zero-order valence-corrected chi connectivity index (χ0v) is 10.7. The van der Waals surface area contributed by atoms with Gasteiger partial charge in [-0.3, -0.25) is 4.99 Å². The van der Waals surface area contributed by atoms with E-state index in [0.717, 1.165) is 19.4 Å². The van der Waals surface area contributed by atoms with E-state index in [0.29, 0.717) is 0 Å². The summed E-state index contributed by atoms with van der Waals surface area (Å²) in [5, 5.41) is 0. The quantitative estimate of drug-likeness (QED) is 0.573. The SMILES string of the molecule is CCN=C(CCc1ccccc1)N1CCCC1. The lowest BCUT2D eigenvalue weighted by Crippen LogP contribution is -2.28. The molecule has 1 saturated heterocycles. The maximum absolute atomic E-state index is 4.66. The summed E-state index contributed by atoms with van der Waals surface area (Å²) < 4.78 is 0. The first-order valence-corrected chi connectivity index (χ1v) is 6.72. The van der Waals surface area contributed by atoms with Crippen LogP contribution in [0.25, 0.3) is 0 Å². The summed E-state index contributed by atoms with van der Waals surface area (Å²) in [7, 11) is 0. The summed E-state index contributed by atoms with van der Waals surface area (Å²) in [5.41, 5.74) is 1.41. The maximum atomic E-state index is 4.66. The summed E-state index contributed by atoms with van der Waals surface area (Å²) in [6.45, 7) is 5.43. The Morgan fingerprint density at radius 1 is 1.18 bits per heavy atom. The van der Waals surface area contributed by atoms with Gasteiger partial charge in [0, 0.05) is 26.1 Å². The van der Waals surface area contributed by atoms with Gasteiger partial charge in [-0.2, -0.15) is 0 Å². The molecule has 2 nitrogen and oxygen atoms in total. The molecule has 1 aromatic carbocycles. The fourth-order valence-electron chi connectivity index (χ4n) is 2.40. The van der Waals surface area contributed by atoms with Crippen molar-refractivity contribution in [3.05, 3.63) is 35.9 Å².